The molecule has 0 aliphatic heterocycles. The molecule has 0 heterocycles. The van der Waals surface area contributed by atoms with Crippen molar-refractivity contribution in [3.05, 3.63) is 29.3 Å². The van der Waals surface area contributed by atoms with Crippen LogP contribution in [0.15, 0.2) is 18.2 Å². The smallest absolute Gasteiger partial charge is 0.257 e. The van der Waals surface area contributed by atoms with E-state index >= 15 is 0 Å². The van der Waals surface area contributed by atoms with Gasteiger partial charge in [-0.2, -0.15) is 0 Å². The first-order valence-corrected chi connectivity index (χ1v) is 6.67. The largest absolute Gasteiger partial charge is 0.496 e. The summed E-state index contributed by atoms with van der Waals surface area (Å²) in [6, 6.07) is 5.63. The highest BCUT2D eigenvalue weighted by atomic mass is 35.5. The fourth-order valence-electron chi connectivity index (χ4n) is 1.81. The van der Waals surface area contributed by atoms with Gasteiger partial charge in [0.25, 0.3) is 5.91 Å². The summed E-state index contributed by atoms with van der Waals surface area (Å²) in [5.41, 5.74) is 1.67. The van der Waals surface area contributed by atoms with Crippen LogP contribution in [0, 0.1) is 6.92 Å². The van der Waals surface area contributed by atoms with Crippen molar-refractivity contribution in [2.75, 3.05) is 26.1 Å². The van der Waals surface area contributed by atoms with Crippen molar-refractivity contribution >= 4 is 17.5 Å². The Morgan fingerprint density at radius 3 is 2.72 bits per heavy atom. The number of aryl methyl sites for hydroxylation is 1. The molecule has 1 amide bonds. The number of hydrogen-bond acceptors (Lipinski definition) is 2. The van der Waals surface area contributed by atoms with Crippen molar-refractivity contribution in [1.29, 1.82) is 0 Å². The standard InChI is InChI=1S/C14H20ClNO2/c1-4-16(9-5-8-15)14(17)12-10-11(2)6-7-13(12)18-3/h6-7,10H,4-5,8-9H2,1-3H3. The first-order chi connectivity index (χ1) is 8.63. The van der Waals surface area contributed by atoms with E-state index in [-0.39, 0.29) is 5.91 Å². The van der Waals surface area contributed by atoms with Gasteiger partial charge in [-0.1, -0.05) is 11.6 Å². The molecule has 0 saturated heterocycles. The lowest BCUT2D eigenvalue weighted by atomic mass is 10.1. The van der Waals surface area contributed by atoms with Gasteiger partial charge in [0.1, 0.15) is 5.75 Å². The molecule has 18 heavy (non-hydrogen) atoms. The zero-order valence-corrected chi connectivity index (χ0v) is 12.0. The van der Waals surface area contributed by atoms with Crippen LogP contribution in [0.5, 0.6) is 5.75 Å². The maximum atomic E-state index is 12.4. The van der Waals surface area contributed by atoms with Gasteiger partial charge in [-0.25, -0.2) is 0 Å². The predicted octanol–water partition coefficient (Wildman–Crippen LogP) is 3.09. The van der Waals surface area contributed by atoms with Crippen LogP contribution < -0.4 is 4.74 Å². The molecule has 100 valence electrons. The normalized spacial score (nSPS) is 10.2. The van der Waals surface area contributed by atoms with E-state index in [4.69, 9.17) is 16.3 Å². The molecule has 1 aromatic carbocycles. The second-order valence-corrected chi connectivity index (χ2v) is 4.51. The van der Waals surface area contributed by atoms with Gasteiger partial charge in [0.05, 0.1) is 12.7 Å². The Balaban J connectivity index is 2.96. The minimum Gasteiger partial charge on any atom is -0.496 e. The SMILES string of the molecule is CCN(CCCCl)C(=O)c1cc(C)ccc1OC. The third-order valence-electron chi connectivity index (χ3n) is 2.82. The summed E-state index contributed by atoms with van der Waals surface area (Å²) in [4.78, 5) is 14.2. The summed E-state index contributed by atoms with van der Waals surface area (Å²) in [5, 5.41) is 0. The number of rotatable bonds is 6. The molecule has 4 heteroatoms. The van der Waals surface area contributed by atoms with Crippen LogP contribution in [-0.4, -0.2) is 36.9 Å². The molecule has 1 rings (SSSR count). The highest BCUT2D eigenvalue weighted by Crippen LogP contribution is 2.21. The van der Waals surface area contributed by atoms with Crippen LogP contribution >= 0.6 is 11.6 Å². The molecule has 3 nitrogen and oxygen atoms in total. The lowest BCUT2D eigenvalue weighted by Gasteiger charge is -2.21. The summed E-state index contributed by atoms with van der Waals surface area (Å²) in [6.45, 7) is 5.28. The summed E-state index contributed by atoms with van der Waals surface area (Å²) in [6.07, 6.45) is 0.801. The minimum atomic E-state index is 0.00293. The van der Waals surface area contributed by atoms with E-state index in [1.54, 1.807) is 12.0 Å². The Hall–Kier alpha value is -1.22. The number of hydrogen-bond donors (Lipinski definition) is 0. The van der Waals surface area contributed by atoms with Crippen molar-refractivity contribution < 1.29 is 9.53 Å². The minimum absolute atomic E-state index is 0.00293. The van der Waals surface area contributed by atoms with E-state index in [1.807, 2.05) is 32.0 Å². The summed E-state index contributed by atoms with van der Waals surface area (Å²) in [7, 11) is 1.58. The van der Waals surface area contributed by atoms with E-state index in [1.165, 1.54) is 0 Å². The number of halogens is 1. The highest BCUT2D eigenvalue weighted by molar-refractivity contribution is 6.17. The molecular weight excluding hydrogens is 250 g/mol. The van der Waals surface area contributed by atoms with E-state index in [2.05, 4.69) is 0 Å². The number of carbonyl (C=O) groups excluding carboxylic acids is 1. The Labute approximate surface area is 114 Å². The van der Waals surface area contributed by atoms with Crippen LogP contribution in [0.4, 0.5) is 0 Å². The molecule has 0 unspecified atom stereocenters. The second kappa shape index (κ2) is 7.27. The first-order valence-electron chi connectivity index (χ1n) is 6.13. The third-order valence-corrected chi connectivity index (χ3v) is 3.08. The molecule has 0 N–H and O–H groups in total. The Bertz CT molecular complexity index is 407. The lowest BCUT2D eigenvalue weighted by Crippen LogP contribution is -2.32. The summed E-state index contributed by atoms with van der Waals surface area (Å²) >= 11 is 5.67. The van der Waals surface area contributed by atoms with Crippen LogP contribution in [-0.2, 0) is 0 Å². The maximum absolute atomic E-state index is 12.4. The summed E-state index contributed by atoms with van der Waals surface area (Å²) < 4.78 is 5.25. The van der Waals surface area contributed by atoms with E-state index < -0.39 is 0 Å². The zero-order chi connectivity index (χ0) is 13.5. The van der Waals surface area contributed by atoms with Gasteiger partial charge in [-0.15, -0.1) is 11.6 Å². The van der Waals surface area contributed by atoms with Gasteiger partial charge in [0.2, 0.25) is 0 Å². The average molecular weight is 270 g/mol. The zero-order valence-electron chi connectivity index (χ0n) is 11.2. The molecule has 0 spiro atoms. The van der Waals surface area contributed by atoms with Gasteiger partial charge in [0, 0.05) is 19.0 Å². The Morgan fingerprint density at radius 1 is 1.44 bits per heavy atom. The van der Waals surface area contributed by atoms with Crippen LogP contribution in [0.2, 0.25) is 0 Å². The van der Waals surface area contributed by atoms with Gasteiger partial charge in [0.15, 0.2) is 0 Å². The van der Waals surface area contributed by atoms with Crippen molar-refractivity contribution in [3.8, 4) is 5.75 Å². The maximum Gasteiger partial charge on any atom is 0.257 e. The van der Waals surface area contributed by atoms with Crippen molar-refractivity contribution in [1.82, 2.24) is 4.90 Å². The fourth-order valence-corrected chi connectivity index (χ4v) is 1.93. The molecule has 0 atom stereocenters. The third kappa shape index (κ3) is 3.64. The number of amides is 1. The molecule has 0 aliphatic rings. The predicted molar refractivity (Wildman–Crippen MR) is 74.6 cm³/mol. The molecule has 0 bridgehead atoms. The van der Waals surface area contributed by atoms with E-state index in [9.17, 15) is 4.79 Å². The van der Waals surface area contributed by atoms with Crippen molar-refractivity contribution in [2.45, 2.75) is 20.3 Å². The van der Waals surface area contributed by atoms with E-state index in [0.29, 0.717) is 30.3 Å². The fraction of sp³-hybridized carbons (Fsp3) is 0.500. The quantitative estimate of drug-likeness (QED) is 0.743. The molecular formula is C14H20ClNO2. The average Bonchev–Trinajstić information content (AvgIpc) is 2.39. The number of ether oxygens (including phenoxy) is 1. The molecule has 0 saturated carbocycles. The molecule has 0 aliphatic carbocycles. The molecule has 0 aromatic heterocycles. The number of nitrogens with zero attached hydrogens (tertiary/aromatic N) is 1. The van der Waals surface area contributed by atoms with Crippen LogP contribution in [0.1, 0.15) is 29.3 Å². The summed E-state index contributed by atoms with van der Waals surface area (Å²) in [5.74, 6) is 1.19. The topological polar surface area (TPSA) is 29.5 Å². The monoisotopic (exact) mass is 269 g/mol. The van der Waals surface area contributed by atoms with Crippen LogP contribution in [0.25, 0.3) is 0 Å². The molecule has 0 radical (unpaired) electrons. The first kappa shape index (κ1) is 14.8. The van der Waals surface area contributed by atoms with Crippen molar-refractivity contribution in [3.63, 3.8) is 0 Å². The second-order valence-electron chi connectivity index (χ2n) is 4.13. The Morgan fingerprint density at radius 2 is 2.17 bits per heavy atom. The van der Waals surface area contributed by atoms with Crippen LogP contribution in [0.3, 0.4) is 0 Å². The molecule has 1 aromatic rings. The van der Waals surface area contributed by atoms with Gasteiger partial charge < -0.3 is 9.64 Å². The molecule has 0 fully saturated rings. The van der Waals surface area contributed by atoms with E-state index in [0.717, 1.165) is 12.0 Å². The number of methoxy groups -OCH3 is 1. The lowest BCUT2D eigenvalue weighted by molar-refractivity contribution is 0.0761. The highest BCUT2D eigenvalue weighted by Gasteiger charge is 2.18. The van der Waals surface area contributed by atoms with Crippen molar-refractivity contribution in [2.24, 2.45) is 0 Å². The number of benzene rings is 1. The Kier molecular flexibility index (Phi) is 5.99. The van der Waals surface area contributed by atoms with Gasteiger partial charge in [-0.05, 0) is 32.4 Å². The number of carbonyl (C=O) groups is 1. The van der Waals surface area contributed by atoms with Gasteiger partial charge in [-0.3, -0.25) is 4.79 Å². The number of alkyl halides is 1. The van der Waals surface area contributed by atoms with Gasteiger partial charge >= 0.3 is 0 Å².